The molecule has 1 fully saturated rings. The number of nitrogens with zero attached hydrogens (tertiary/aromatic N) is 3. The first kappa shape index (κ1) is 21.2. The predicted molar refractivity (Wildman–Crippen MR) is 114 cm³/mol. The summed E-state index contributed by atoms with van der Waals surface area (Å²) in [6.07, 6.45) is 3.25. The molecule has 1 aliphatic heterocycles. The number of aromatic amines is 1. The fourth-order valence-corrected chi connectivity index (χ4v) is 5.05. The first-order valence-electron chi connectivity index (χ1n) is 9.88. The van der Waals surface area contributed by atoms with Gasteiger partial charge in [-0.2, -0.15) is 4.98 Å². The molecule has 1 aromatic heterocycles. The zero-order chi connectivity index (χ0) is 20.1. The molecule has 0 amide bonds. The number of aryl methyl sites for hydroxylation is 1. The third-order valence-electron chi connectivity index (χ3n) is 5.06. The van der Waals surface area contributed by atoms with Crippen molar-refractivity contribution >= 4 is 22.2 Å². The van der Waals surface area contributed by atoms with Gasteiger partial charge in [-0.05, 0) is 43.5 Å². The lowest BCUT2D eigenvalue weighted by Crippen LogP contribution is -2.45. The van der Waals surface area contributed by atoms with E-state index in [0.717, 1.165) is 43.7 Å². The van der Waals surface area contributed by atoms with Gasteiger partial charge in [0.1, 0.15) is 0 Å². The van der Waals surface area contributed by atoms with E-state index >= 15 is 0 Å². The quantitative estimate of drug-likeness (QED) is 0.638. The van der Waals surface area contributed by atoms with Crippen molar-refractivity contribution in [3.63, 3.8) is 0 Å². The fourth-order valence-electron chi connectivity index (χ4n) is 3.45. The summed E-state index contributed by atoms with van der Waals surface area (Å²) in [4.78, 5) is 6.76. The van der Waals surface area contributed by atoms with Gasteiger partial charge in [-0.1, -0.05) is 38.1 Å². The van der Waals surface area contributed by atoms with Gasteiger partial charge in [0.05, 0.1) is 12.4 Å². The summed E-state index contributed by atoms with van der Waals surface area (Å²) in [6, 6.07) is 8.36. The summed E-state index contributed by atoms with van der Waals surface area (Å²) in [5, 5.41) is 3.30. The van der Waals surface area contributed by atoms with E-state index in [1.165, 1.54) is 5.56 Å². The third-order valence-corrected chi connectivity index (χ3v) is 7.01. The zero-order valence-corrected chi connectivity index (χ0v) is 18.2. The van der Waals surface area contributed by atoms with E-state index in [-0.39, 0.29) is 11.8 Å². The van der Waals surface area contributed by atoms with Crippen LogP contribution in [0.1, 0.15) is 38.7 Å². The highest BCUT2D eigenvalue weighted by Gasteiger charge is 2.23. The normalized spacial score (nSPS) is 16.5. The fraction of sp³-hybridized carbons (Fsp3) is 0.579. The van der Waals surface area contributed by atoms with Gasteiger partial charge in [-0.25, -0.2) is 17.8 Å². The van der Waals surface area contributed by atoms with Gasteiger partial charge in [0.25, 0.3) is 0 Å². The molecule has 0 atom stereocenters. The van der Waals surface area contributed by atoms with Crippen LogP contribution < -0.4 is 4.72 Å². The molecule has 2 heterocycles. The molecule has 9 heteroatoms. The minimum Gasteiger partial charge on any atom is -0.284 e. The number of benzene rings is 1. The van der Waals surface area contributed by atoms with E-state index in [1.54, 1.807) is 0 Å². The number of H-pyrrole nitrogens is 1. The van der Waals surface area contributed by atoms with Crippen LogP contribution in [0.3, 0.4) is 0 Å². The smallest absolute Gasteiger partial charge is 0.217 e. The van der Waals surface area contributed by atoms with Crippen LogP contribution in [0.2, 0.25) is 0 Å². The highest BCUT2D eigenvalue weighted by Crippen LogP contribution is 2.17. The van der Waals surface area contributed by atoms with Crippen molar-refractivity contribution in [3.8, 4) is 11.4 Å². The molecular formula is C19H29N5O2S2. The van der Waals surface area contributed by atoms with Crippen molar-refractivity contribution in [1.29, 1.82) is 0 Å². The second kappa shape index (κ2) is 9.30. The molecule has 0 saturated carbocycles. The Labute approximate surface area is 172 Å². The van der Waals surface area contributed by atoms with Gasteiger partial charge in [-0.15, -0.1) is 0 Å². The summed E-state index contributed by atoms with van der Waals surface area (Å²) in [7, 11) is -3.15. The molecule has 154 valence electrons. The van der Waals surface area contributed by atoms with E-state index in [2.05, 4.69) is 50.9 Å². The zero-order valence-electron chi connectivity index (χ0n) is 16.5. The maximum Gasteiger partial charge on any atom is 0.217 e. The van der Waals surface area contributed by atoms with Crippen LogP contribution in [-0.2, 0) is 23.1 Å². The molecular weight excluding hydrogens is 394 g/mol. The van der Waals surface area contributed by atoms with E-state index in [9.17, 15) is 8.42 Å². The molecule has 0 bridgehead atoms. The van der Waals surface area contributed by atoms with Crippen molar-refractivity contribution in [3.05, 3.63) is 34.6 Å². The number of piperidine rings is 1. The van der Waals surface area contributed by atoms with Crippen molar-refractivity contribution in [2.24, 2.45) is 0 Å². The predicted octanol–water partition coefficient (Wildman–Crippen LogP) is 2.92. The van der Waals surface area contributed by atoms with Crippen LogP contribution in [-0.4, -0.2) is 53.0 Å². The minimum absolute atomic E-state index is 0.0233. The molecule has 2 aromatic rings. The molecule has 28 heavy (non-hydrogen) atoms. The molecule has 0 radical (unpaired) electrons. The average molecular weight is 424 g/mol. The summed E-state index contributed by atoms with van der Waals surface area (Å²) < 4.78 is 29.1. The molecule has 0 spiro atoms. The first-order valence-corrected chi connectivity index (χ1v) is 11.9. The SMILES string of the molecule is CCCS(=O)(=O)NC1CCN(Cn2[nH]c(-c3ccc(CC)cc3)nc2=S)CC1. The third kappa shape index (κ3) is 5.50. The summed E-state index contributed by atoms with van der Waals surface area (Å²) >= 11 is 5.42. The van der Waals surface area contributed by atoms with Gasteiger partial charge in [0.15, 0.2) is 5.82 Å². The van der Waals surface area contributed by atoms with E-state index < -0.39 is 10.0 Å². The van der Waals surface area contributed by atoms with Crippen molar-refractivity contribution < 1.29 is 8.42 Å². The van der Waals surface area contributed by atoms with Crippen molar-refractivity contribution in [2.45, 2.75) is 52.2 Å². The summed E-state index contributed by atoms with van der Waals surface area (Å²) in [5.41, 5.74) is 2.31. The maximum absolute atomic E-state index is 11.9. The van der Waals surface area contributed by atoms with Gasteiger partial charge < -0.3 is 0 Å². The van der Waals surface area contributed by atoms with Gasteiger partial charge in [-0.3, -0.25) is 10.00 Å². The van der Waals surface area contributed by atoms with Crippen molar-refractivity contribution in [1.82, 2.24) is 24.4 Å². The highest BCUT2D eigenvalue weighted by molar-refractivity contribution is 7.89. The second-order valence-corrected chi connectivity index (χ2v) is 9.54. The largest absolute Gasteiger partial charge is 0.284 e. The van der Waals surface area contributed by atoms with Crippen LogP contribution in [0.25, 0.3) is 11.4 Å². The van der Waals surface area contributed by atoms with Gasteiger partial charge in [0.2, 0.25) is 14.8 Å². The Hall–Kier alpha value is -1.55. The Morgan fingerprint density at radius 1 is 1.21 bits per heavy atom. The van der Waals surface area contributed by atoms with E-state index in [4.69, 9.17) is 12.2 Å². The second-order valence-electron chi connectivity index (χ2n) is 7.30. The number of aromatic nitrogens is 3. The van der Waals surface area contributed by atoms with E-state index in [0.29, 0.717) is 17.9 Å². The standard InChI is InChI=1S/C19H29N5O2S2/c1-3-13-28(25,26)22-17-9-11-23(12-10-17)14-24-19(27)20-18(21-24)16-7-5-15(4-2)6-8-16/h5-8,17,22H,3-4,9-14H2,1-2H3,(H,20,21,27). The molecule has 0 unspecified atom stereocenters. The number of sulfonamides is 1. The average Bonchev–Trinajstić information content (AvgIpc) is 3.03. The van der Waals surface area contributed by atoms with E-state index in [1.807, 2.05) is 11.6 Å². The molecule has 1 aliphatic rings. The Bertz CT molecular complexity index is 926. The van der Waals surface area contributed by atoms with Crippen LogP contribution in [0.4, 0.5) is 0 Å². The molecule has 1 saturated heterocycles. The Morgan fingerprint density at radius 3 is 2.50 bits per heavy atom. The Morgan fingerprint density at radius 2 is 1.89 bits per heavy atom. The molecule has 0 aliphatic carbocycles. The number of rotatable bonds is 8. The number of nitrogens with one attached hydrogen (secondary N) is 2. The summed E-state index contributed by atoms with van der Waals surface area (Å²) in [5.74, 6) is 0.966. The van der Waals surface area contributed by atoms with Crippen LogP contribution in [0.5, 0.6) is 0 Å². The molecule has 7 nitrogen and oxygen atoms in total. The lowest BCUT2D eigenvalue weighted by atomic mass is 10.1. The monoisotopic (exact) mass is 423 g/mol. The van der Waals surface area contributed by atoms with Crippen molar-refractivity contribution in [2.75, 3.05) is 18.8 Å². The Balaban J connectivity index is 1.58. The Kier molecular flexibility index (Phi) is 7.03. The molecule has 1 aromatic carbocycles. The lowest BCUT2D eigenvalue weighted by Gasteiger charge is -2.32. The van der Waals surface area contributed by atoms with Crippen LogP contribution in [0.15, 0.2) is 24.3 Å². The van der Waals surface area contributed by atoms with Crippen LogP contribution >= 0.6 is 12.2 Å². The molecule has 3 rings (SSSR count). The van der Waals surface area contributed by atoms with Gasteiger partial charge >= 0.3 is 0 Å². The number of hydrogen-bond donors (Lipinski definition) is 2. The number of likely N-dealkylation sites (tertiary alicyclic amines) is 1. The van der Waals surface area contributed by atoms with Crippen LogP contribution in [0, 0.1) is 4.77 Å². The minimum atomic E-state index is -3.15. The topological polar surface area (TPSA) is 83.0 Å². The molecule has 2 N–H and O–H groups in total. The highest BCUT2D eigenvalue weighted by atomic mass is 32.2. The number of hydrogen-bond acceptors (Lipinski definition) is 5. The van der Waals surface area contributed by atoms with Gasteiger partial charge in [0, 0.05) is 24.7 Å². The lowest BCUT2D eigenvalue weighted by molar-refractivity contribution is 0.157. The first-order chi connectivity index (χ1) is 13.4. The maximum atomic E-state index is 11.9. The summed E-state index contributed by atoms with van der Waals surface area (Å²) in [6.45, 7) is 6.28.